The molecule has 0 spiro atoms. The van der Waals surface area contributed by atoms with Gasteiger partial charge in [-0.2, -0.15) is 0 Å². The van der Waals surface area contributed by atoms with Crippen LogP contribution in [0.3, 0.4) is 0 Å². The molecule has 0 bridgehead atoms. The highest BCUT2D eigenvalue weighted by Gasteiger charge is 2.26. The van der Waals surface area contributed by atoms with Gasteiger partial charge in [-0.1, -0.05) is 34.1 Å². The minimum atomic E-state index is -0.898. The Morgan fingerprint density at radius 3 is 2.71 bits per heavy atom. The van der Waals surface area contributed by atoms with Gasteiger partial charge in [-0.15, -0.1) is 11.3 Å². The second kappa shape index (κ2) is 4.88. The van der Waals surface area contributed by atoms with Gasteiger partial charge in [0, 0.05) is 22.0 Å². The van der Waals surface area contributed by atoms with Gasteiger partial charge in [-0.05, 0) is 25.5 Å². The molecule has 4 heteroatoms. The Kier molecular flexibility index (Phi) is 3.66. The maximum atomic E-state index is 10.6. The molecule has 1 N–H and O–H groups in total. The van der Waals surface area contributed by atoms with Crippen molar-refractivity contribution >= 4 is 27.3 Å². The predicted molar refractivity (Wildman–Crippen MR) is 74.3 cm³/mol. The van der Waals surface area contributed by atoms with Gasteiger partial charge in [0.1, 0.15) is 0 Å². The first-order valence-corrected chi connectivity index (χ1v) is 7.05. The fourth-order valence-corrected chi connectivity index (χ4v) is 3.40. The van der Waals surface area contributed by atoms with E-state index in [1.807, 2.05) is 43.5 Å². The number of halogens is 1. The Balaban J connectivity index is 2.27. The highest BCUT2D eigenvalue weighted by Crippen LogP contribution is 2.31. The highest BCUT2D eigenvalue weighted by molar-refractivity contribution is 9.10. The summed E-state index contributed by atoms with van der Waals surface area (Å²) in [7, 11) is 0. The molecule has 0 radical (unpaired) electrons. The van der Waals surface area contributed by atoms with Crippen molar-refractivity contribution in [3.05, 3.63) is 50.4 Å². The van der Waals surface area contributed by atoms with Gasteiger partial charge in [-0.3, -0.25) is 0 Å². The molecule has 1 atom stereocenters. The van der Waals surface area contributed by atoms with E-state index in [1.165, 1.54) is 0 Å². The fourth-order valence-electron chi connectivity index (χ4n) is 1.77. The molecule has 0 fully saturated rings. The monoisotopic (exact) mass is 311 g/mol. The van der Waals surface area contributed by atoms with Gasteiger partial charge in [0.05, 0.1) is 10.6 Å². The van der Waals surface area contributed by atoms with Gasteiger partial charge in [0.2, 0.25) is 0 Å². The molecule has 2 aromatic rings. The summed E-state index contributed by atoms with van der Waals surface area (Å²) in [5, 5.41) is 13.5. The fraction of sp³-hybridized carbons (Fsp3) is 0.308. The summed E-state index contributed by atoms with van der Waals surface area (Å²) in [6, 6.07) is 7.75. The maximum absolute atomic E-state index is 10.6. The lowest BCUT2D eigenvalue weighted by molar-refractivity contribution is 0.0568. The number of thiazole rings is 1. The smallest absolute Gasteiger partial charge is 0.0960 e. The Morgan fingerprint density at radius 1 is 1.41 bits per heavy atom. The third-order valence-corrected chi connectivity index (χ3v) is 4.27. The quantitative estimate of drug-likeness (QED) is 0.938. The highest BCUT2D eigenvalue weighted by atomic mass is 79.9. The molecular formula is C13H14BrNOS. The van der Waals surface area contributed by atoms with E-state index in [1.54, 1.807) is 11.3 Å². The zero-order valence-electron chi connectivity index (χ0n) is 9.77. The van der Waals surface area contributed by atoms with Crippen LogP contribution in [0, 0.1) is 6.92 Å². The number of aromatic nitrogens is 1. The molecule has 0 aliphatic carbocycles. The van der Waals surface area contributed by atoms with Crippen LogP contribution >= 0.6 is 27.3 Å². The van der Waals surface area contributed by atoms with E-state index >= 15 is 0 Å². The van der Waals surface area contributed by atoms with Crippen molar-refractivity contribution in [2.24, 2.45) is 0 Å². The Labute approximate surface area is 113 Å². The predicted octanol–water partition coefficient (Wildman–Crippen LogP) is 3.66. The topological polar surface area (TPSA) is 33.1 Å². The zero-order chi connectivity index (χ0) is 12.5. The normalized spacial score (nSPS) is 14.6. The summed E-state index contributed by atoms with van der Waals surface area (Å²) >= 11 is 5.06. The summed E-state index contributed by atoms with van der Waals surface area (Å²) < 4.78 is 0.929. The van der Waals surface area contributed by atoms with Crippen molar-refractivity contribution < 1.29 is 5.11 Å². The van der Waals surface area contributed by atoms with Crippen LogP contribution in [0.15, 0.2) is 34.1 Å². The summed E-state index contributed by atoms with van der Waals surface area (Å²) in [5.41, 5.74) is 1.01. The van der Waals surface area contributed by atoms with E-state index in [0.717, 1.165) is 20.7 Å². The molecule has 0 saturated carbocycles. The first-order chi connectivity index (χ1) is 7.99. The van der Waals surface area contributed by atoms with Crippen molar-refractivity contribution in [3.8, 4) is 0 Å². The number of nitrogens with zero attached hydrogens (tertiary/aromatic N) is 1. The van der Waals surface area contributed by atoms with Crippen LogP contribution in [0.4, 0.5) is 0 Å². The lowest BCUT2D eigenvalue weighted by Crippen LogP contribution is -2.24. The maximum Gasteiger partial charge on any atom is 0.0960 e. The lowest BCUT2D eigenvalue weighted by atomic mass is 9.93. The lowest BCUT2D eigenvalue weighted by Gasteiger charge is -2.24. The Bertz CT molecular complexity index is 522. The molecule has 1 aromatic carbocycles. The van der Waals surface area contributed by atoms with Crippen molar-refractivity contribution in [1.29, 1.82) is 0 Å². The van der Waals surface area contributed by atoms with Crippen LogP contribution < -0.4 is 0 Å². The average molecular weight is 312 g/mol. The Hall–Kier alpha value is -0.710. The van der Waals surface area contributed by atoms with Gasteiger partial charge in [-0.25, -0.2) is 4.98 Å². The number of hydrogen-bond acceptors (Lipinski definition) is 3. The van der Waals surface area contributed by atoms with Crippen molar-refractivity contribution in [2.45, 2.75) is 25.9 Å². The summed E-state index contributed by atoms with van der Waals surface area (Å²) in [6.07, 6.45) is 0.536. The number of aryl methyl sites for hydroxylation is 1. The third kappa shape index (κ3) is 2.94. The van der Waals surface area contributed by atoms with E-state index < -0.39 is 5.60 Å². The summed E-state index contributed by atoms with van der Waals surface area (Å²) in [4.78, 5) is 4.39. The molecule has 0 amide bonds. The number of benzene rings is 1. The van der Waals surface area contributed by atoms with E-state index in [4.69, 9.17) is 0 Å². The number of aliphatic hydroxyl groups is 1. The van der Waals surface area contributed by atoms with Crippen molar-refractivity contribution in [1.82, 2.24) is 4.98 Å². The second-order valence-electron chi connectivity index (χ2n) is 4.31. The third-order valence-electron chi connectivity index (χ3n) is 2.62. The van der Waals surface area contributed by atoms with E-state index in [9.17, 15) is 5.11 Å². The zero-order valence-corrected chi connectivity index (χ0v) is 12.2. The Morgan fingerprint density at radius 2 is 2.12 bits per heavy atom. The van der Waals surface area contributed by atoms with Crippen LogP contribution in [-0.2, 0) is 12.0 Å². The molecule has 1 aromatic heterocycles. The minimum Gasteiger partial charge on any atom is -0.385 e. The molecule has 2 nitrogen and oxygen atoms in total. The van der Waals surface area contributed by atoms with Gasteiger partial charge < -0.3 is 5.11 Å². The first-order valence-electron chi connectivity index (χ1n) is 5.37. The summed E-state index contributed by atoms with van der Waals surface area (Å²) in [6.45, 7) is 3.79. The molecule has 1 unspecified atom stereocenters. The molecule has 0 aliphatic heterocycles. The van der Waals surface area contributed by atoms with Crippen LogP contribution in [0.25, 0.3) is 0 Å². The molecule has 1 heterocycles. The molecule has 0 aliphatic rings. The van der Waals surface area contributed by atoms with Crippen molar-refractivity contribution in [2.75, 3.05) is 0 Å². The van der Waals surface area contributed by atoms with Gasteiger partial charge in [0.25, 0.3) is 0 Å². The van der Waals surface area contributed by atoms with E-state index in [-0.39, 0.29) is 0 Å². The molecule has 90 valence electrons. The standard InChI is InChI=1S/C13H14BrNOS/c1-9-8-17-12(15-9)7-13(2,16)10-5-3-4-6-11(10)14/h3-6,8,16H,7H2,1-2H3. The molecule has 2 rings (SSSR count). The van der Waals surface area contributed by atoms with E-state index in [2.05, 4.69) is 20.9 Å². The van der Waals surface area contributed by atoms with Crippen LogP contribution in [0.1, 0.15) is 23.2 Å². The molecule has 17 heavy (non-hydrogen) atoms. The molecular weight excluding hydrogens is 298 g/mol. The van der Waals surface area contributed by atoms with Gasteiger partial charge >= 0.3 is 0 Å². The first kappa shape index (κ1) is 12.7. The van der Waals surface area contributed by atoms with Gasteiger partial charge in [0.15, 0.2) is 0 Å². The van der Waals surface area contributed by atoms with Crippen LogP contribution in [0.5, 0.6) is 0 Å². The van der Waals surface area contributed by atoms with Crippen molar-refractivity contribution in [3.63, 3.8) is 0 Å². The SMILES string of the molecule is Cc1csc(CC(C)(O)c2ccccc2Br)n1. The number of rotatable bonds is 3. The summed E-state index contributed by atoms with van der Waals surface area (Å²) in [5.74, 6) is 0. The molecule has 0 saturated heterocycles. The minimum absolute atomic E-state index is 0.536. The van der Waals surface area contributed by atoms with E-state index in [0.29, 0.717) is 6.42 Å². The van der Waals surface area contributed by atoms with Crippen LogP contribution in [0.2, 0.25) is 0 Å². The number of hydrogen-bond donors (Lipinski definition) is 1. The largest absolute Gasteiger partial charge is 0.385 e. The van der Waals surface area contributed by atoms with Crippen LogP contribution in [-0.4, -0.2) is 10.1 Å². The average Bonchev–Trinajstić information content (AvgIpc) is 2.63. The second-order valence-corrected chi connectivity index (χ2v) is 6.11.